The summed E-state index contributed by atoms with van der Waals surface area (Å²) in [6.45, 7) is 1.51. The van der Waals surface area contributed by atoms with Crippen molar-refractivity contribution in [3.63, 3.8) is 0 Å². The number of phenolic OH excluding ortho intramolecular Hbond substituents is 1. The van der Waals surface area contributed by atoms with Crippen LogP contribution < -0.4 is 4.74 Å². The van der Waals surface area contributed by atoms with Crippen LogP contribution in [0.5, 0.6) is 11.5 Å². The fourth-order valence-corrected chi connectivity index (χ4v) is 3.02. The summed E-state index contributed by atoms with van der Waals surface area (Å²) in [5.41, 5.74) is 1.75. The molecule has 6 nitrogen and oxygen atoms in total. The normalized spacial score (nSPS) is 14.5. The summed E-state index contributed by atoms with van der Waals surface area (Å²) in [6.07, 6.45) is 2.45. The van der Waals surface area contributed by atoms with Crippen molar-refractivity contribution in [3.05, 3.63) is 59.7 Å². The van der Waals surface area contributed by atoms with Gasteiger partial charge in [0, 0.05) is 31.1 Å². The Bertz CT molecular complexity index is 784. The van der Waals surface area contributed by atoms with Crippen LogP contribution in [0.1, 0.15) is 24.0 Å². The first-order valence-electron chi connectivity index (χ1n) is 8.66. The summed E-state index contributed by atoms with van der Waals surface area (Å²) in [7, 11) is 0. The maximum atomic E-state index is 12.0. The molecule has 0 unspecified atom stereocenters. The Hall–Kier alpha value is -3.02. The number of oxime groups is 1. The minimum atomic E-state index is -0.0557. The van der Waals surface area contributed by atoms with E-state index < -0.39 is 0 Å². The molecular weight excluding hydrogens is 332 g/mol. The number of aromatic hydroxyl groups is 1. The van der Waals surface area contributed by atoms with Crippen LogP contribution >= 0.6 is 0 Å². The van der Waals surface area contributed by atoms with E-state index >= 15 is 0 Å². The monoisotopic (exact) mass is 354 g/mol. The van der Waals surface area contributed by atoms with E-state index in [4.69, 9.17) is 4.74 Å². The highest BCUT2D eigenvalue weighted by molar-refractivity contribution is 6.03. The Morgan fingerprint density at radius 2 is 1.85 bits per heavy atom. The molecule has 0 bridgehead atoms. The Morgan fingerprint density at radius 3 is 2.50 bits per heavy atom. The number of amides is 1. The molecule has 1 aliphatic heterocycles. The predicted molar refractivity (Wildman–Crippen MR) is 97.9 cm³/mol. The van der Waals surface area contributed by atoms with Gasteiger partial charge in [0.15, 0.2) is 6.61 Å². The lowest BCUT2D eigenvalue weighted by molar-refractivity contribution is -0.132. The third kappa shape index (κ3) is 4.33. The molecule has 2 aromatic rings. The van der Waals surface area contributed by atoms with Crippen LogP contribution in [-0.4, -0.2) is 46.5 Å². The van der Waals surface area contributed by atoms with Crippen molar-refractivity contribution >= 4 is 11.6 Å². The van der Waals surface area contributed by atoms with Crippen LogP contribution in [0.2, 0.25) is 0 Å². The molecule has 1 aliphatic rings. The number of carbonyl (C=O) groups is 1. The van der Waals surface area contributed by atoms with Crippen molar-refractivity contribution in [1.82, 2.24) is 4.90 Å². The van der Waals surface area contributed by atoms with Crippen LogP contribution in [-0.2, 0) is 11.2 Å². The molecule has 1 amide bonds. The number of rotatable bonds is 6. The second kappa shape index (κ2) is 8.38. The number of hydrogen-bond donors (Lipinski definition) is 2. The summed E-state index contributed by atoms with van der Waals surface area (Å²) in [4.78, 5) is 13.8. The van der Waals surface area contributed by atoms with Crippen molar-refractivity contribution < 1.29 is 19.8 Å². The van der Waals surface area contributed by atoms with Gasteiger partial charge in [0.25, 0.3) is 5.91 Å². The molecule has 0 atom stereocenters. The molecule has 6 heteroatoms. The van der Waals surface area contributed by atoms with E-state index in [-0.39, 0.29) is 18.3 Å². The molecule has 1 fully saturated rings. The molecule has 0 aromatic heterocycles. The van der Waals surface area contributed by atoms with E-state index in [2.05, 4.69) is 5.16 Å². The maximum absolute atomic E-state index is 12.0. The van der Waals surface area contributed by atoms with Gasteiger partial charge in [0.05, 0.1) is 5.71 Å². The summed E-state index contributed by atoms with van der Waals surface area (Å²) < 4.78 is 5.49. The van der Waals surface area contributed by atoms with Gasteiger partial charge in [-0.3, -0.25) is 4.79 Å². The first-order chi connectivity index (χ1) is 12.7. The fraction of sp³-hybridized carbons (Fsp3) is 0.300. The van der Waals surface area contributed by atoms with Crippen molar-refractivity contribution in [2.24, 2.45) is 5.16 Å². The molecular formula is C20H22N2O4. The molecule has 0 radical (unpaired) electrons. The second-order valence-electron chi connectivity index (χ2n) is 6.26. The van der Waals surface area contributed by atoms with Gasteiger partial charge in [-0.05, 0) is 30.5 Å². The van der Waals surface area contributed by atoms with E-state index in [1.165, 1.54) is 6.07 Å². The fourth-order valence-electron chi connectivity index (χ4n) is 3.02. The molecule has 3 rings (SSSR count). The number of benzene rings is 2. The van der Waals surface area contributed by atoms with Gasteiger partial charge >= 0.3 is 0 Å². The summed E-state index contributed by atoms with van der Waals surface area (Å²) in [6, 6.07) is 14.3. The van der Waals surface area contributed by atoms with Crippen molar-refractivity contribution in [1.29, 1.82) is 0 Å². The molecule has 1 saturated heterocycles. The number of ether oxygens (including phenoxy) is 1. The molecule has 136 valence electrons. The smallest absolute Gasteiger partial charge is 0.260 e. The number of hydrogen-bond acceptors (Lipinski definition) is 5. The number of nitrogens with zero attached hydrogens (tertiary/aromatic N) is 2. The van der Waals surface area contributed by atoms with E-state index in [0.29, 0.717) is 23.4 Å². The molecule has 0 aliphatic carbocycles. The van der Waals surface area contributed by atoms with Crippen LogP contribution in [0, 0.1) is 0 Å². The lowest BCUT2D eigenvalue weighted by Gasteiger charge is -2.16. The molecule has 0 spiro atoms. The third-order valence-corrected chi connectivity index (χ3v) is 4.44. The Labute approximate surface area is 152 Å². The standard InChI is InChI=1S/C20H22N2O4/c23-19-13-16(26-14-20(24)22-10-4-5-11-22)8-9-17(19)18(21-25)12-15-6-2-1-3-7-15/h1-3,6-9,13,23,25H,4-5,10-12,14H2/b21-18+. The quantitative estimate of drug-likeness (QED) is 0.475. The van der Waals surface area contributed by atoms with E-state index in [0.717, 1.165) is 31.5 Å². The molecule has 2 N–H and O–H groups in total. The van der Waals surface area contributed by atoms with Crippen molar-refractivity contribution in [2.45, 2.75) is 19.3 Å². The van der Waals surface area contributed by atoms with Gasteiger partial charge in [-0.2, -0.15) is 0 Å². The summed E-state index contributed by atoms with van der Waals surface area (Å²) in [5, 5.41) is 22.9. The maximum Gasteiger partial charge on any atom is 0.260 e. The predicted octanol–water partition coefficient (Wildman–Crippen LogP) is 2.81. The minimum Gasteiger partial charge on any atom is -0.507 e. The Kier molecular flexibility index (Phi) is 5.73. The lowest BCUT2D eigenvalue weighted by Crippen LogP contribution is -2.32. The summed E-state index contributed by atoms with van der Waals surface area (Å²) in [5.74, 6) is 0.295. The van der Waals surface area contributed by atoms with Crippen molar-refractivity contribution in [2.75, 3.05) is 19.7 Å². The molecule has 0 saturated carbocycles. The van der Waals surface area contributed by atoms with Crippen LogP contribution in [0.25, 0.3) is 0 Å². The first kappa shape index (κ1) is 17.8. The highest BCUT2D eigenvalue weighted by atomic mass is 16.5. The van der Waals surface area contributed by atoms with Crippen LogP contribution in [0.3, 0.4) is 0 Å². The third-order valence-electron chi connectivity index (χ3n) is 4.44. The van der Waals surface area contributed by atoms with Gasteiger partial charge in [-0.15, -0.1) is 0 Å². The number of carbonyl (C=O) groups excluding carboxylic acids is 1. The number of likely N-dealkylation sites (tertiary alicyclic amines) is 1. The van der Waals surface area contributed by atoms with Crippen LogP contribution in [0.15, 0.2) is 53.7 Å². The average molecular weight is 354 g/mol. The molecule has 1 heterocycles. The Morgan fingerprint density at radius 1 is 1.12 bits per heavy atom. The average Bonchev–Trinajstić information content (AvgIpc) is 3.20. The van der Waals surface area contributed by atoms with Gasteiger partial charge in [0.1, 0.15) is 11.5 Å². The van der Waals surface area contributed by atoms with Crippen LogP contribution in [0.4, 0.5) is 0 Å². The number of phenols is 1. The Balaban J connectivity index is 1.65. The summed E-state index contributed by atoms with van der Waals surface area (Å²) >= 11 is 0. The zero-order valence-corrected chi connectivity index (χ0v) is 14.5. The lowest BCUT2D eigenvalue weighted by atomic mass is 10.0. The first-order valence-corrected chi connectivity index (χ1v) is 8.66. The topological polar surface area (TPSA) is 82.4 Å². The second-order valence-corrected chi connectivity index (χ2v) is 6.26. The van der Waals surface area contributed by atoms with Gasteiger partial charge in [-0.1, -0.05) is 35.5 Å². The molecule has 26 heavy (non-hydrogen) atoms. The van der Waals surface area contributed by atoms with E-state index in [9.17, 15) is 15.1 Å². The van der Waals surface area contributed by atoms with E-state index in [1.54, 1.807) is 17.0 Å². The highest BCUT2D eigenvalue weighted by Crippen LogP contribution is 2.25. The SMILES string of the molecule is O=C(COc1ccc(/C(Cc2ccccc2)=N/O)c(O)c1)N1CCCC1. The van der Waals surface area contributed by atoms with Crippen molar-refractivity contribution in [3.8, 4) is 11.5 Å². The van der Waals surface area contributed by atoms with E-state index in [1.807, 2.05) is 30.3 Å². The van der Waals surface area contributed by atoms with Gasteiger partial charge < -0.3 is 20.0 Å². The zero-order valence-electron chi connectivity index (χ0n) is 14.5. The zero-order chi connectivity index (χ0) is 18.4. The molecule has 2 aromatic carbocycles. The largest absolute Gasteiger partial charge is 0.507 e. The minimum absolute atomic E-state index is 0.0484. The van der Waals surface area contributed by atoms with Gasteiger partial charge in [-0.25, -0.2) is 0 Å². The highest BCUT2D eigenvalue weighted by Gasteiger charge is 2.18. The van der Waals surface area contributed by atoms with Gasteiger partial charge in [0.2, 0.25) is 0 Å².